The van der Waals surface area contributed by atoms with Crippen molar-refractivity contribution in [3.8, 4) is 5.95 Å². The summed E-state index contributed by atoms with van der Waals surface area (Å²) >= 11 is 5.33. The number of nitrogens with one attached hydrogen (secondary N) is 1. The molecule has 1 N–H and O–H groups in total. The van der Waals surface area contributed by atoms with Gasteiger partial charge in [0.05, 0.1) is 11.9 Å². The number of benzene rings is 1. The summed E-state index contributed by atoms with van der Waals surface area (Å²) in [6.45, 7) is 6.21. The molecule has 0 amide bonds. The Morgan fingerprint density at radius 2 is 1.85 bits per heavy atom. The van der Waals surface area contributed by atoms with E-state index < -0.39 is 0 Å². The number of nitrogens with zero attached hydrogens (tertiary/aromatic N) is 6. The fraction of sp³-hybridized carbons (Fsp3) is 0.368. The molecule has 0 radical (unpaired) electrons. The number of aryl methyl sites for hydroxylation is 2. The Kier molecular flexibility index (Phi) is 4.89. The average Bonchev–Trinajstić information content (AvgIpc) is 3.22. The van der Waals surface area contributed by atoms with Gasteiger partial charge in [0, 0.05) is 24.5 Å². The zero-order chi connectivity index (χ0) is 18.8. The van der Waals surface area contributed by atoms with Gasteiger partial charge in [0.25, 0.3) is 5.95 Å². The van der Waals surface area contributed by atoms with Crippen LogP contribution < -0.4 is 4.90 Å². The first-order chi connectivity index (χ1) is 13.1. The van der Waals surface area contributed by atoms with Gasteiger partial charge >= 0.3 is 0 Å². The molecule has 4 rings (SSSR count). The normalized spacial score (nSPS) is 15.0. The highest BCUT2D eigenvalue weighted by Crippen LogP contribution is 2.20. The van der Waals surface area contributed by atoms with E-state index in [1.807, 2.05) is 19.9 Å². The third-order valence-corrected chi connectivity index (χ3v) is 5.03. The van der Waals surface area contributed by atoms with Gasteiger partial charge in [0.15, 0.2) is 0 Å². The molecule has 140 valence electrons. The first-order valence-corrected chi connectivity index (χ1v) is 9.63. The fourth-order valence-corrected chi connectivity index (χ4v) is 3.58. The van der Waals surface area contributed by atoms with Crippen LogP contribution in [0.3, 0.4) is 0 Å². The molecule has 1 aromatic carbocycles. The predicted octanol–water partition coefficient (Wildman–Crippen LogP) is 3.62. The number of hydrogen-bond donors (Lipinski definition) is 1. The monoisotopic (exact) mass is 381 g/mol. The lowest BCUT2D eigenvalue weighted by Crippen LogP contribution is -2.29. The van der Waals surface area contributed by atoms with Crippen molar-refractivity contribution in [1.82, 2.24) is 24.7 Å². The van der Waals surface area contributed by atoms with Gasteiger partial charge in [-0.2, -0.15) is 14.9 Å². The van der Waals surface area contributed by atoms with Gasteiger partial charge in [-0.15, -0.1) is 5.10 Å². The van der Waals surface area contributed by atoms with Crippen LogP contribution in [0.2, 0.25) is 0 Å². The molecule has 1 aliphatic heterocycles. The minimum absolute atomic E-state index is 0.429. The van der Waals surface area contributed by atoms with Crippen LogP contribution in [0.1, 0.15) is 36.2 Å². The average molecular weight is 382 g/mol. The molecule has 2 aromatic heterocycles. The smallest absolute Gasteiger partial charge is 0.271 e. The number of aromatic amines is 1. The van der Waals surface area contributed by atoms with E-state index in [0.717, 1.165) is 30.0 Å². The summed E-state index contributed by atoms with van der Waals surface area (Å²) in [5, 5.41) is 16.1. The van der Waals surface area contributed by atoms with Crippen molar-refractivity contribution in [1.29, 1.82) is 0 Å². The van der Waals surface area contributed by atoms with E-state index in [2.05, 4.69) is 49.6 Å². The number of anilines is 1. The van der Waals surface area contributed by atoms with Crippen LogP contribution in [0.4, 0.5) is 5.69 Å². The highest BCUT2D eigenvalue weighted by Gasteiger charge is 2.12. The van der Waals surface area contributed by atoms with E-state index >= 15 is 0 Å². The fourth-order valence-electron chi connectivity index (χ4n) is 3.40. The minimum atomic E-state index is 0.429. The Bertz CT molecular complexity index is 1000. The maximum atomic E-state index is 5.33. The van der Waals surface area contributed by atoms with Gasteiger partial charge in [-0.25, -0.2) is 9.78 Å². The van der Waals surface area contributed by atoms with Crippen LogP contribution in [-0.2, 0) is 0 Å². The standard InChI is InChI=1S/C19H23N7S/c1-14-12-15(2)25(23-14)18-21-22-19(27)26(18)20-13-16-6-8-17(9-7-16)24-10-4-3-5-11-24/h6-9,12-13H,3-5,10-11H2,1-2H3,(H,22,27)/b20-13-. The van der Waals surface area contributed by atoms with Crippen LogP contribution in [-0.4, -0.2) is 44.0 Å². The van der Waals surface area contributed by atoms with Crippen molar-refractivity contribution in [2.75, 3.05) is 18.0 Å². The summed E-state index contributed by atoms with van der Waals surface area (Å²) in [5.74, 6) is 0.548. The number of aromatic nitrogens is 5. The molecule has 1 saturated heterocycles. The van der Waals surface area contributed by atoms with Crippen LogP contribution in [0.15, 0.2) is 35.4 Å². The Labute approximate surface area is 163 Å². The molecular formula is C19H23N7S. The van der Waals surface area contributed by atoms with E-state index in [4.69, 9.17) is 12.2 Å². The molecule has 0 bridgehead atoms. The summed E-state index contributed by atoms with van der Waals surface area (Å²) in [6.07, 6.45) is 5.68. The lowest BCUT2D eigenvalue weighted by atomic mass is 10.1. The van der Waals surface area contributed by atoms with Gasteiger partial charge in [0.2, 0.25) is 4.77 Å². The van der Waals surface area contributed by atoms with E-state index in [1.165, 1.54) is 24.9 Å². The lowest BCUT2D eigenvalue weighted by molar-refractivity contribution is 0.578. The molecule has 7 nitrogen and oxygen atoms in total. The zero-order valence-electron chi connectivity index (χ0n) is 15.6. The molecule has 0 atom stereocenters. The second kappa shape index (κ2) is 7.48. The first-order valence-electron chi connectivity index (χ1n) is 9.22. The maximum Gasteiger partial charge on any atom is 0.271 e. The second-order valence-corrected chi connectivity index (χ2v) is 7.25. The van der Waals surface area contributed by atoms with Gasteiger partial charge in [-0.1, -0.05) is 12.1 Å². The van der Waals surface area contributed by atoms with Crippen molar-refractivity contribution >= 4 is 24.1 Å². The van der Waals surface area contributed by atoms with E-state index in [-0.39, 0.29) is 0 Å². The third kappa shape index (κ3) is 3.71. The lowest BCUT2D eigenvalue weighted by Gasteiger charge is -2.28. The van der Waals surface area contributed by atoms with Crippen LogP contribution >= 0.6 is 12.2 Å². The van der Waals surface area contributed by atoms with Crippen molar-refractivity contribution in [2.45, 2.75) is 33.1 Å². The Morgan fingerprint density at radius 3 is 2.52 bits per heavy atom. The summed E-state index contributed by atoms with van der Waals surface area (Å²) in [7, 11) is 0. The van der Waals surface area contributed by atoms with E-state index in [1.54, 1.807) is 15.6 Å². The molecule has 0 spiro atoms. The van der Waals surface area contributed by atoms with E-state index in [9.17, 15) is 0 Å². The van der Waals surface area contributed by atoms with Crippen LogP contribution in [0.25, 0.3) is 5.95 Å². The molecule has 0 saturated carbocycles. The Hall–Kier alpha value is -2.74. The first kappa shape index (κ1) is 17.7. The zero-order valence-corrected chi connectivity index (χ0v) is 16.4. The largest absolute Gasteiger partial charge is 0.372 e. The minimum Gasteiger partial charge on any atom is -0.372 e. The highest BCUT2D eigenvalue weighted by atomic mass is 32.1. The maximum absolute atomic E-state index is 5.33. The summed E-state index contributed by atoms with van der Waals surface area (Å²) in [5.41, 5.74) is 4.18. The van der Waals surface area contributed by atoms with Gasteiger partial charge < -0.3 is 4.90 Å². The van der Waals surface area contributed by atoms with Crippen LogP contribution in [0, 0.1) is 18.6 Å². The van der Waals surface area contributed by atoms with Gasteiger partial charge in [-0.05, 0) is 69.1 Å². The quantitative estimate of drug-likeness (QED) is 0.554. The molecule has 0 aliphatic carbocycles. The molecule has 3 aromatic rings. The Balaban J connectivity index is 1.57. The molecule has 27 heavy (non-hydrogen) atoms. The number of H-pyrrole nitrogens is 1. The Morgan fingerprint density at radius 1 is 1.11 bits per heavy atom. The van der Waals surface area contributed by atoms with Crippen molar-refractivity contribution in [2.24, 2.45) is 5.10 Å². The third-order valence-electron chi connectivity index (χ3n) is 4.77. The predicted molar refractivity (Wildman–Crippen MR) is 110 cm³/mol. The van der Waals surface area contributed by atoms with Crippen molar-refractivity contribution < 1.29 is 0 Å². The van der Waals surface area contributed by atoms with E-state index in [0.29, 0.717) is 10.7 Å². The van der Waals surface area contributed by atoms with Crippen molar-refractivity contribution in [3.63, 3.8) is 0 Å². The molecule has 0 unspecified atom stereocenters. The molecule has 1 fully saturated rings. The number of rotatable bonds is 4. The number of piperidine rings is 1. The summed E-state index contributed by atoms with van der Waals surface area (Å²) in [4.78, 5) is 2.44. The topological polar surface area (TPSA) is 67.0 Å². The molecular weight excluding hydrogens is 358 g/mol. The van der Waals surface area contributed by atoms with Crippen LogP contribution in [0.5, 0.6) is 0 Å². The van der Waals surface area contributed by atoms with Crippen molar-refractivity contribution in [3.05, 3.63) is 52.1 Å². The number of hydrogen-bond acceptors (Lipinski definition) is 5. The van der Waals surface area contributed by atoms with Gasteiger partial charge in [0.1, 0.15) is 0 Å². The molecule has 1 aliphatic rings. The summed E-state index contributed by atoms with van der Waals surface area (Å²) < 4.78 is 3.75. The summed E-state index contributed by atoms with van der Waals surface area (Å²) in [6, 6.07) is 10.5. The molecule has 3 heterocycles. The van der Waals surface area contributed by atoms with Gasteiger partial charge in [-0.3, -0.25) is 0 Å². The SMILES string of the molecule is Cc1cc(C)n(-c2n[nH]c(=S)n2/N=C\c2ccc(N3CCCCC3)cc2)n1. The molecule has 8 heteroatoms. The highest BCUT2D eigenvalue weighted by molar-refractivity contribution is 7.71. The second-order valence-electron chi connectivity index (χ2n) is 6.86.